The first kappa shape index (κ1) is 28.9. The number of carbonyl (C=O) groups excluding carboxylic acids is 1. The van der Waals surface area contributed by atoms with Crippen molar-refractivity contribution < 1.29 is 64.6 Å². The molecule has 2 fully saturated rings. The lowest BCUT2D eigenvalue weighted by molar-refractivity contribution is -0.318. The maximum atomic E-state index is 12.4. The highest BCUT2D eigenvalue weighted by molar-refractivity contribution is 6.08. The van der Waals surface area contributed by atoms with E-state index in [2.05, 4.69) is 0 Å². The Morgan fingerprint density at radius 3 is 2.36 bits per heavy atom. The molecule has 2 aromatic carbocycles. The predicted molar refractivity (Wildman–Crippen MR) is 131 cm³/mol. The molecule has 0 radical (unpaired) electrons. The van der Waals surface area contributed by atoms with Gasteiger partial charge in [-0.25, -0.2) is 0 Å². The highest BCUT2D eigenvalue weighted by Gasteiger charge is 2.53. The SMILES string of the molecule is O=C(/C=C/c1ccc(O[C@@H]2O[C@H](CO)[C@@H](O)[C@H](O)[C@H]2O[C@@H]2OC[C@@](O)(CO)[C@H]2O)cc1)c1ccc(O)cc1O. The van der Waals surface area contributed by atoms with Crippen molar-refractivity contribution in [2.45, 2.75) is 48.7 Å². The fraction of sp³-hybridized carbons (Fsp3) is 0.423. The van der Waals surface area contributed by atoms with Gasteiger partial charge in [0.25, 0.3) is 0 Å². The van der Waals surface area contributed by atoms with E-state index in [0.717, 1.165) is 6.07 Å². The first-order valence-electron chi connectivity index (χ1n) is 12.0. The molecule has 0 aromatic heterocycles. The van der Waals surface area contributed by atoms with Crippen LogP contribution in [0.3, 0.4) is 0 Å². The van der Waals surface area contributed by atoms with E-state index in [9.17, 15) is 45.6 Å². The topological polar surface area (TPSA) is 216 Å². The molecule has 39 heavy (non-hydrogen) atoms. The molecule has 0 saturated carbocycles. The summed E-state index contributed by atoms with van der Waals surface area (Å²) < 4.78 is 22.2. The van der Waals surface area contributed by atoms with Crippen LogP contribution in [-0.2, 0) is 14.2 Å². The molecule has 0 bridgehead atoms. The van der Waals surface area contributed by atoms with Crippen molar-refractivity contribution in [1.82, 2.24) is 0 Å². The van der Waals surface area contributed by atoms with Gasteiger partial charge in [0.05, 0.1) is 25.4 Å². The van der Waals surface area contributed by atoms with E-state index >= 15 is 0 Å². The number of aliphatic hydroxyl groups excluding tert-OH is 5. The van der Waals surface area contributed by atoms with E-state index in [1.54, 1.807) is 12.1 Å². The molecule has 0 unspecified atom stereocenters. The third kappa shape index (κ3) is 6.22. The van der Waals surface area contributed by atoms with Crippen LogP contribution in [0.2, 0.25) is 0 Å². The molecule has 13 nitrogen and oxygen atoms in total. The minimum Gasteiger partial charge on any atom is -0.508 e. The predicted octanol–water partition coefficient (Wildman–Crippen LogP) is -1.36. The van der Waals surface area contributed by atoms with Crippen molar-refractivity contribution in [1.29, 1.82) is 0 Å². The van der Waals surface area contributed by atoms with Crippen LogP contribution < -0.4 is 4.74 Å². The van der Waals surface area contributed by atoms with Crippen molar-refractivity contribution >= 4 is 11.9 Å². The van der Waals surface area contributed by atoms with E-state index in [1.165, 1.54) is 36.4 Å². The molecule has 0 aliphatic carbocycles. The Labute approximate surface area is 222 Å². The number of hydrogen-bond acceptors (Lipinski definition) is 13. The van der Waals surface area contributed by atoms with Gasteiger partial charge in [-0.15, -0.1) is 0 Å². The van der Waals surface area contributed by atoms with Crippen molar-refractivity contribution in [2.75, 3.05) is 19.8 Å². The molecule has 4 rings (SSSR count). The highest BCUT2D eigenvalue weighted by Crippen LogP contribution is 2.32. The Hall–Kier alpha value is -3.11. The van der Waals surface area contributed by atoms with E-state index in [0.29, 0.717) is 5.56 Å². The van der Waals surface area contributed by atoms with Crippen LogP contribution in [0.1, 0.15) is 15.9 Å². The molecule has 8 N–H and O–H groups in total. The van der Waals surface area contributed by atoms with Crippen LogP contribution >= 0.6 is 0 Å². The summed E-state index contributed by atoms with van der Waals surface area (Å²) in [4.78, 5) is 12.4. The minimum absolute atomic E-state index is 0.0115. The number of aliphatic hydroxyl groups is 6. The smallest absolute Gasteiger partial charge is 0.229 e. The first-order valence-corrected chi connectivity index (χ1v) is 12.0. The van der Waals surface area contributed by atoms with Gasteiger partial charge >= 0.3 is 0 Å². The summed E-state index contributed by atoms with van der Waals surface area (Å²) >= 11 is 0. The number of ketones is 1. The molecular formula is C26H30O13. The van der Waals surface area contributed by atoms with E-state index in [1.807, 2.05) is 0 Å². The molecule has 2 aliphatic heterocycles. The van der Waals surface area contributed by atoms with Crippen LogP contribution in [0.25, 0.3) is 6.08 Å². The Balaban J connectivity index is 1.46. The minimum atomic E-state index is -1.99. The zero-order valence-corrected chi connectivity index (χ0v) is 20.5. The summed E-state index contributed by atoms with van der Waals surface area (Å²) in [6.45, 7) is -1.91. The lowest BCUT2D eigenvalue weighted by Crippen LogP contribution is -2.62. The number of aromatic hydroxyl groups is 2. The number of phenolic OH excluding ortho intramolecular Hbond substituents is 2. The molecule has 2 aromatic rings. The summed E-state index contributed by atoms with van der Waals surface area (Å²) in [6, 6.07) is 9.84. The maximum Gasteiger partial charge on any atom is 0.229 e. The largest absolute Gasteiger partial charge is 0.508 e. The molecule has 0 amide bonds. The van der Waals surface area contributed by atoms with Gasteiger partial charge in [0, 0.05) is 6.07 Å². The van der Waals surface area contributed by atoms with Crippen LogP contribution in [0.5, 0.6) is 17.2 Å². The second-order valence-electron chi connectivity index (χ2n) is 9.28. The standard InChI is InChI=1S/C26H30O13/c27-10-19-20(32)21(33)22(39-25-23(34)26(35,11-28)12-36-25)24(38-19)37-15-5-1-13(2-6-15)3-8-17(30)16-7-4-14(29)9-18(16)31/h1-9,19-25,27-29,31-35H,10-12H2/b8-3+/t19-,20-,21+,22-,23+,24-,25+,26+/m1/s1. The summed E-state index contributed by atoms with van der Waals surface area (Å²) in [5, 5.41) is 79.6. The van der Waals surface area contributed by atoms with Gasteiger partial charge in [-0.2, -0.15) is 0 Å². The number of ether oxygens (including phenoxy) is 4. The normalized spacial score (nSPS) is 32.9. The number of rotatable bonds is 9. The summed E-state index contributed by atoms with van der Waals surface area (Å²) in [6.07, 6.45) is -7.74. The number of hydrogen-bond donors (Lipinski definition) is 8. The molecule has 212 valence electrons. The van der Waals surface area contributed by atoms with Gasteiger partial charge in [0.2, 0.25) is 6.29 Å². The van der Waals surface area contributed by atoms with Crippen LogP contribution in [0, 0.1) is 0 Å². The van der Waals surface area contributed by atoms with Gasteiger partial charge in [-0.05, 0) is 35.9 Å². The lowest BCUT2D eigenvalue weighted by atomic mass is 9.98. The lowest BCUT2D eigenvalue weighted by Gasteiger charge is -2.42. The summed E-state index contributed by atoms with van der Waals surface area (Å²) in [5.41, 5.74) is -1.39. The fourth-order valence-electron chi connectivity index (χ4n) is 4.14. The van der Waals surface area contributed by atoms with E-state index in [4.69, 9.17) is 18.9 Å². The average Bonchev–Trinajstić information content (AvgIpc) is 3.21. The third-order valence-electron chi connectivity index (χ3n) is 6.50. The van der Waals surface area contributed by atoms with Gasteiger partial charge in [0.15, 0.2) is 18.2 Å². The van der Waals surface area contributed by atoms with Gasteiger partial charge in [-0.1, -0.05) is 18.2 Å². The first-order chi connectivity index (χ1) is 18.6. The second-order valence-corrected chi connectivity index (χ2v) is 9.28. The van der Waals surface area contributed by atoms with Crippen LogP contribution in [0.4, 0.5) is 0 Å². The molecule has 0 spiro atoms. The van der Waals surface area contributed by atoms with Gasteiger partial charge < -0.3 is 59.8 Å². The Kier molecular flexibility index (Phi) is 8.86. The molecular weight excluding hydrogens is 520 g/mol. The number of phenols is 2. The van der Waals surface area contributed by atoms with Crippen LogP contribution in [0.15, 0.2) is 48.5 Å². The quantitative estimate of drug-likeness (QED) is 0.134. The summed E-state index contributed by atoms with van der Waals surface area (Å²) in [7, 11) is 0. The molecule has 2 aliphatic rings. The molecule has 13 heteroatoms. The number of allylic oxidation sites excluding steroid dienone is 1. The van der Waals surface area contributed by atoms with Crippen molar-refractivity contribution in [2.24, 2.45) is 0 Å². The Bertz CT molecular complexity index is 1170. The fourth-order valence-corrected chi connectivity index (χ4v) is 4.14. The molecule has 2 heterocycles. The number of benzene rings is 2. The average molecular weight is 551 g/mol. The van der Waals surface area contributed by atoms with Crippen molar-refractivity contribution in [3.8, 4) is 17.2 Å². The zero-order valence-electron chi connectivity index (χ0n) is 20.5. The third-order valence-corrected chi connectivity index (χ3v) is 6.50. The van der Waals surface area contributed by atoms with Crippen molar-refractivity contribution in [3.05, 3.63) is 59.7 Å². The highest BCUT2D eigenvalue weighted by atomic mass is 16.8. The van der Waals surface area contributed by atoms with Gasteiger partial charge in [-0.3, -0.25) is 4.79 Å². The van der Waals surface area contributed by atoms with Crippen LogP contribution in [-0.4, -0.2) is 115 Å². The zero-order chi connectivity index (χ0) is 28.3. The van der Waals surface area contributed by atoms with Crippen molar-refractivity contribution in [3.63, 3.8) is 0 Å². The Morgan fingerprint density at radius 1 is 1.03 bits per heavy atom. The maximum absolute atomic E-state index is 12.4. The second kappa shape index (κ2) is 12.0. The summed E-state index contributed by atoms with van der Waals surface area (Å²) in [5.74, 6) is -0.810. The monoisotopic (exact) mass is 550 g/mol. The van der Waals surface area contributed by atoms with Gasteiger partial charge in [0.1, 0.15) is 47.3 Å². The molecule has 2 saturated heterocycles. The van der Waals surface area contributed by atoms with E-state index in [-0.39, 0.29) is 22.8 Å². The Morgan fingerprint density at radius 2 is 1.74 bits per heavy atom. The van der Waals surface area contributed by atoms with E-state index < -0.39 is 74.3 Å². The molecule has 8 atom stereocenters. The number of carbonyl (C=O) groups is 1.